The third-order valence-electron chi connectivity index (χ3n) is 0.962. The summed E-state index contributed by atoms with van der Waals surface area (Å²) in [6, 6.07) is 0. The van der Waals surface area contributed by atoms with Crippen molar-refractivity contribution in [3.05, 3.63) is 0 Å². The fourth-order valence-corrected chi connectivity index (χ4v) is 0.455. The van der Waals surface area contributed by atoms with Gasteiger partial charge in [-0.2, -0.15) is 0 Å². The molecule has 0 aromatic carbocycles. The topological polar surface area (TPSA) is 89.9 Å². The van der Waals surface area contributed by atoms with Crippen molar-refractivity contribution < 1.29 is 59.9 Å². The number of carboxylic acid groups (broad SMARTS) is 1. The summed E-state index contributed by atoms with van der Waals surface area (Å²) in [4.78, 5) is 30.7. The van der Waals surface area contributed by atoms with Crippen LogP contribution >= 0.6 is 0 Å². The molecule has 1 N–H and O–H groups in total. The molecule has 13 heavy (non-hydrogen) atoms. The van der Waals surface area contributed by atoms with Crippen molar-refractivity contribution in [3.8, 4) is 0 Å². The largest absolute Gasteiger partial charge is 1.00 e. The van der Waals surface area contributed by atoms with Crippen LogP contribution in [0.3, 0.4) is 0 Å². The van der Waals surface area contributed by atoms with Crippen molar-refractivity contribution in [1.82, 2.24) is 0 Å². The van der Waals surface area contributed by atoms with Crippen molar-refractivity contribution >= 4 is 18.1 Å². The van der Waals surface area contributed by atoms with Gasteiger partial charge < -0.3 is 16.0 Å². The quantitative estimate of drug-likeness (QED) is 0.302. The molecule has 0 aliphatic rings. The zero-order valence-electron chi connectivity index (χ0n) is 8.40. The Labute approximate surface area is 98.0 Å². The number of esters is 2. The number of carbonyl (C=O) groups excluding carboxylic acids is 2. The molecule has 0 fully saturated rings. The molecule has 0 aromatic heterocycles. The van der Waals surface area contributed by atoms with Gasteiger partial charge in [0.25, 0.3) is 0 Å². The van der Waals surface area contributed by atoms with Crippen LogP contribution in [0.1, 0.15) is 14.3 Å². The monoisotopic (exact) mass is 200 g/mol. The molecule has 0 aliphatic heterocycles. The van der Waals surface area contributed by atoms with Crippen LogP contribution in [-0.2, 0) is 19.1 Å². The summed E-state index contributed by atoms with van der Waals surface area (Å²) in [5.41, 5.74) is 0. The second-order valence-electron chi connectivity index (χ2n) is 1.82. The van der Waals surface area contributed by atoms with Crippen molar-refractivity contribution in [2.75, 3.05) is 7.11 Å². The Kier molecular flexibility index (Phi) is 9.21. The molecular weight excluding hydrogens is 191 g/mol. The van der Waals surface area contributed by atoms with Crippen molar-refractivity contribution in [2.45, 2.75) is 12.8 Å². The first-order valence-electron chi connectivity index (χ1n) is 3.06. The first-order valence-corrected chi connectivity index (χ1v) is 3.06. The summed E-state index contributed by atoms with van der Waals surface area (Å²) < 4.78 is 7.93. The average Bonchev–Trinajstić information content (AvgIpc) is 1.99. The maximum atomic E-state index is 10.5. The van der Waals surface area contributed by atoms with E-state index in [1.54, 1.807) is 0 Å². The van der Waals surface area contributed by atoms with E-state index in [-0.39, 0.29) is 43.8 Å². The van der Waals surface area contributed by atoms with Crippen molar-refractivity contribution in [1.29, 1.82) is 0 Å². The Balaban J connectivity index is -0.000000605. The molecule has 0 saturated carbocycles. The second kappa shape index (κ2) is 8.03. The van der Waals surface area contributed by atoms with Gasteiger partial charge in [0.2, 0.25) is 0 Å². The first kappa shape index (κ1) is 14.9. The van der Waals surface area contributed by atoms with E-state index in [1.807, 2.05) is 0 Å². The summed E-state index contributed by atoms with van der Waals surface area (Å²) in [5, 5.41) is 7.95. The number of carbonyl (C=O) groups is 3. The van der Waals surface area contributed by atoms with Crippen LogP contribution in [0.4, 0.5) is 4.79 Å². The van der Waals surface area contributed by atoms with Crippen molar-refractivity contribution in [3.63, 3.8) is 0 Å². The number of rotatable bonds is 3. The van der Waals surface area contributed by atoms with Crippen LogP contribution < -0.4 is 29.6 Å². The van der Waals surface area contributed by atoms with Gasteiger partial charge in [0.15, 0.2) is 0 Å². The van der Waals surface area contributed by atoms with Crippen LogP contribution in [-0.4, -0.2) is 30.3 Å². The van der Waals surface area contributed by atoms with Crippen molar-refractivity contribution in [2.24, 2.45) is 0 Å². The third-order valence-corrected chi connectivity index (χ3v) is 0.962. The summed E-state index contributed by atoms with van der Waals surface area (Å²) in [6.07, 6.45) is -2.15. The summed E-state index contributed by atoms with van der Waals surface area (Å²) in [5.74, 6) is -1.55. The minimum absolute atomic E-state index is 0. The first-order chi connectivity index (χ1) is 5.56. The molecule has 0 rings (SSSR count). The van der Waals surface area contributed by atoms with Crippen LogP contribution in [0.2, 0.25) is 0 Å². The van der Waals surface area contributed by atoms with Crippen LogP contribution in [0, 0.1) is 0 Å². The fourth-order valence-electron chi connectivity index (χ4n) is 0.455. The van der Waals surface area contributed by atoms with Gasteiger partial charge in [-0.1, -0.05) is 0 Å². The molecule has 0 spiro atoms. The van der Waals surface area contributed by atoms with Gasteiger partial charge in [-0.3, -0.25) is 9.59 Å². The van der Waals surface area contributed by atoms with Crippen LogP contribution in [0.5, 0.6) is 0 Å². The van der Waals surface area contributed by atoms with E-state index in [1.165, 1.54) is 7.11 Å². The van der Waals surface area contributed by atoms with Gasteiger partial charge in [-0.05, 0) is 0 Å². The Bertz CT molecular complexity index is 206. The molecular formula is C6H9NaO6. The van der Waals surface area contributed by atoms with E-state index in [4.69, 9.17) is 5.11 Å². The van der Waals surface area contributed by atoms with Gasteiger partial charge in [0.1, 0.15) is 0 Å². The van der Waals surface area contributed by atoms with Gasteiger partial charge >= 0.3 is 47.7 Å². The molecule has 0 amide bonds. The number of hydrogen-bond donors (Lipinski definition) is 1. The summed E-state index contributed by atoms with van der Waals surface area (Å²) in [7, 11) is 1.17. The van der Waals surface area contributed by atoms with E-state index < -0.39 is 18.1 Å². The Hall–Kier alpha value is -0.590. The standard InChI is InChI=1S/C6H8O6.Na.H/c1-11-4(7)2-3-5(8)12-6(9)10;;/h2-3H2,1H3,(H,9,10);;/q;+1;-1. The third kappa shape index (κ3) is 9.32. The summed E-state index contributed by atoms with van der Waals surface area (Å²) >= 11 is 0. The zero-order chi connectivity index (χ0) is 9.56. The van der Waals surface area contributed by atoms with E-state index in [0.29, 0.717) is 0 Å². The van der Waals surface area contributed by atoms with E-state index in [9.17, 15) is 14.4 Å². The molecule has 0 bridgehead atoms. The molecule has 0 heterocycles. The average molecular weight is 200 g/mol. The molecule has 0 saturated heterocycles. The molecule has 0 aliphatic carbocycles. The second-order valence-corrected chi connectivity index (χ2v) is 1.82. The predicted octanol–water partition coefficient (Wildman–Crippen LogP) is -2.72. The number of hydrogen-bond acceptors (Lipinski definition) is 5. The maximum absolute atomic E-state index is 10.5. The van der Waals surface area contributed by atoms with Crippen LogP contribution in [0.25, 0.3) is 0 Å². The van der Waals surface area contributed by atoms with Gasteiger partial charge in [0, 0.05) is 0 Å². The zero-order valence-corrected chi connectivity index (χ0v) is 9.40. The predicted molar refractivity (Wildman–Crippen MR) is 36.5 cm³/mol. The smallest absolute Gasteiger partial charge is 1.00 e. The SMILES string of the molecule is COC(=O)CCC(=O)OC(=O)O.[H-].[Na+]. The molecule has 0 unspecified atom stereocenters. The number of ether oxygens (including phenoxy) is 2. The van der Waals surface area contributed by atoms with E-state index in [0.717, 1.165) is 0 Å². The van der Waals surface area contributed by atoms with Gasteiger partial charge in [-0.25, -0.2) is 4.79 Å². The molecule has 7 heteroatoms. The summed E-state index contributed by atoms with van der Waals surface area (Å²) in [6.45, 7) is 0. The molecule has 0 aromatic rings. The Morgan fingerprint density at radius 2 is 1.69 bits per heavy atom. The normalized spacial score (nSPS) is 8.08. The van der Waals surface area contributed by atoms with E-state index >= 15 is 0 Å². The molecule has 6 nitrogen and oxygen atoms in total. The Morgan fingerprint density at radius 1 is 1.23 bits per heavy atom. The number of methoxy groups -OCH3 is 1. The van der Waals surface area contributed by atoms with Gasteiger partial charge in [-0.15, -0.1) is 0 Å². The molecule has 0 radical (unpaired) electrons. The van der Waals surface area contributed by atoms with Crippen LogP contribution in [0.15, 0.2) is 0 Å². The minimum Gasteiger partial charge on any atom is -1.00 e. The van der Waals surface area contributed by atoms with Gasteiger partial charge in [0.05, 0.1) is 20.0 Å². The fraction of sp³-hybridized carbons (Fsp3) is 0.500. The molecule has 0 atom stereocenters. The minimum atomic E-state index is -1.68. The Morgan fingerprint density at radius 3 is 2.08 bits per heavy atom. The molecule has 70 valence electrons. The maximum Gasteiger partial charge on any atom is 1.00 e. The van der Waals surface area contributed by atoms with E-state index in [2.05, 4.69) is 9.47 Å².